The minimum atomic E-state index is -0.0980. The molecule has 0 unspecified atom stereocenters. The molecule has 9 nitrogen and oxygen atoms in total. The number of hydrogen-bond acceptors (Lipinski definition) is 6. The zero-order valence-corrected chi connectivity index (χ0v) is 18.9. The number of anilines is 1. The van der Waals surface area contributed by atoms with Gasteiger partial charge in [0.25, 0.3) is 5.91 Å². The number of hydrogen-bond donors (Lipinski definition) is 0. The summed E-state index contributed by atoms with van der Waals surface area (Å²) in [5.74, 6) is 0.567. The Balaban J connectivity index is 1.29. The van der Waals surface area contributed by atoms with Crippen LogP contribution >= 0.6 is 11.6 Å². The molecule has 0 N–H and O–H groups in total. The topological polar surface area (TPSA) is 85.0 Å². The first-order valence-corrected chi connectivity index (χ1v) is 11.1. The first kappa shape index (κ1) is 21.1. The summed E-state index contributed by atoms with van der Waals surface area (Å²) in [4.78, 5) is 17.2. The second-order valence-electron chi connectivity index (χ2n) is 7.90. The van der Waals surface area contributed by atoms with Crippen LogP contribution in [0.25, 0.3) is 5.69 Å². The Morgan fingerprint density at radius 2 is 1.64 bits per heavy atom. The molecule has 0 spiro atoms. The van der Waals surface area contributed by atoms with E-state index in [1.54, 1.807) is 9.36 Å². The minimum absolute atomic E-state index is 0.0980. The number of tetrazole rings is 1. The van der Waals surface area contributed by atoms with Crippen molar-refractivity contribution in [3.63, 3.8) is 0 Å². The van der Waals surface area contributed by atoms with Crippen molar-refractivity contribution in [2.45, 2.75) is 13.5 Å². The number of benzene rings is 2. The Morgan fingerprint density at radius 1 is 0.970 bits per heavy atom. The van der Waals surface area contributed by atoms with Crippen LogP contribution in [0.2, 0.25) is 5.15 Å². The Kier molecular flexibility index (Phi) is 5.78. The van der Waals surface area contributed by atoms with Crippen LogP contribution in [0.1, 0.15) is 21.6 Å². The lowest BCUT2D eigenvalue weighted by atomic mass is 10.2. The normalized spacial score (nSPS) is 14.0. The summed E-state index contributed by atoms with van der Waals surface area (Å²) in [5.41, 5.74) is 3.07. The quantitative estimate of drug-likeness (QED) is 0.453. The van der Waals surface area contributed by atoms with Gasteiger partial charge in [-0.05, 0) is 35.0 Å². The van der Waals surface area contributed by atoms with Gasteiger partial charge in [0, 0.05) is 26.2 Å². The van der Waals surface area contributed by atoms with Crippen molar-refractivity contribution in [2.75, 3.05) is 31.1 Å². The highest BCUT2D eigenvalue weighted by atomic mass is 35.5. The van der Waals surface area contributed by atoms with Crippen molar-refractivity contribution in [3.05, 3.63) is 82.6 Å². The molecule has 1 fully saturated rings. The number of carbonyl (C=O) groups is 1. The second kappa shape index (κ2) is 9.03. The molecule has 168 valence electrons. The van der Waals surface area contributed by atoms with Gasteiger partial charge in [0.15, 0.2) is 0 Å². The monoisotopic (exact) mass is 462 g/mol. The molecular weight excluding hydrogens is 440 g/mol. The van der Waals surface area contributed by atoms with Crippen molar-refractivity contribution in [1.29, 1.82) is 0 Å². The van der Waals surface area contributed by atoms with E-state index in [2.05, 4.69) is 25.5 Å². The van der Waals surface area contributed by atoms with Gasteiger partial charge in [0.2, 0.25) is 5.95 Å². The lowest BCUT2D eigenvalue weighted by Gasteiger charge is -2.34. The van der Waals surface area contributed by atoms with Gasteiger partial charge in [-0.2, -0.15) is 9.78 Å². The third kappa shape index (κ3) is 4.19. The fourth-order valence-corrected chi connectivity index (χ4v) is 4.36. The van der Waals surface area contributed by atoms with Crippen molar-refractivity contribution >= 4 is 23.5 Å². The lowest BCUT2D eigenvalue weighted by molar-refractivity contribution is 0.0745. The second-order valence-corrected chi connectivity index (χ2v) is 8.26. The number of aromatic nitrogens is 6. The molecule has 1 saturated heterocycles. The Hall–Kier alpha value is -3.72. The van der Waals surface area contributed by atoms with Gasteiger partial charge in [0.1, 0.15) is 5.15 Å². The largest absolute Gasteiger partial charge is 0.336 e. The summed E-state index contributed by atoms with van der Waals surface area (Å²) in [6.07, 6.45) is 0. The summed E-state index contributed by atoms with van der Waals surface area (Å²) in [6, 6.07) is 19.7. The number of para-hydroxylation sites is 1. The lowest BCUT2D eigenvalue weighted by Crippen LogP contribution is -2.49. The maximum atomic E-state index is 13.3. The smallest absolute Gasteiger partial charge is 0.259 e. The Bertz CT molecular complexity index is 1250. The van der Waals surface area contributed by atoms with Crippen LogP contribution in [0.3, 0.4) is 0 Å². The van der Waals surface area contributed by atoms with Crippen molar-refractivity contribution < 1.29 is 4.79 Å². The van der Waals surface area contributed by atoms with Crippen LogP contribution in [0.15, 0.2) is 60.7 Å². The van der Waals surface area contributed by atoms with Crippen LogP contribution in [-0.4, -0.2) is 67.0 Å². The van der Waals surface area contributed by atoms with Gasteiger partial charge >= 0.3 is 0 Å². The Morgan fingerprint density at radius 3 is 2.33 bits per heavy atom. The minimum Gasteiger partial charge on any atom is -0.336 e. The van der Waals surface area contributed by atoms with E-state index in [4.69, 9.17) is 11.6 Å². The number of amides is 1. The predicted octanol–water partition coefficient (Wildman–Crippen LogP) is 2.83. The van der Waals surface area contributed by atoms with Crippen LogP contribution in [0.5, 0.6) is 0 Å². The summed E-state index contributed by atoms with van der Waals surface area (Å²) in [6.45, 7) is 4.66. The van der Waals surface area contributed by atoms with E-state index in [1.807, 2.05) is 72.5 Å². The molecule has 1 amide bonds. The average Bonchev–Trinajstić information content (AvgIpc) is 3.45. The molecule has 1 aliphatic heterocycles. The highest BCUT2D eigenvalue weighted by molar-refractivity contribution is 6.33. The molecule has 0 saturated carbocycles. The number of aryl methyl sites for hydroxylation is 1. The predicted molar refractivity (Wildman–Crippen MR) is 125 cm³/mol. The molecule has 10 heteroatoms. The molecule has 3 heterocycles. The maximum Gasteiger partial charge on any atom is 0.259 e. The standard InChI is InChI=1S/C23H23ClN8O/c1-17-20(21(24)31(26-17)16-18-8-4-2-5-9-18)22(33)29-12-14-30(15-13-29)23-25-27-28-32(23)19-10-6-3-7-11-19/h2-11H,12-16H2,1H3. The van der Waals surface area contributed by atoms with Crippen LogP contribution in [-0.2, 0) is 6.54 Å². The fourth-order valence-electron chi connectivity index (χ4n) is 4.04. The highest BCUT2D eigenvalue weighted by Gasteiger charge is 2.29. The average molecular weight is 463 g/mol. The van der Waals surface area contributed by atoms with Gasteiger partial charge in [-0.25, -0.2) is 4.68 Å². The molecule has 2 aromatic heterocycles. The van der Waals surface area contributed by atoms with E-state index in [9.17, 15) is 4.79 Å². The summed E-state index contributed by atoms with van der Waals surface area (Å²) < 4.78 is 3.40. The van der Waals surface area contributed by atoms with E-state index >= 15 is 0 Å². The van der Waals surface area contributed by atoms with Crippen LogP contribution in [0.4, 0.5) is 5.95 Å². The molecule has 0 aliphatic carbocycles. The first-order valence-electron chi connectivity index (χ1n) is 10.8. The molecule has 4 aromatic rings. The van der Waals surface area contributed by atoms with E-state index in [-0.39, 0.29) is 5.91 Å². The third-order valence-corrected chi connectivity index (χ3v) is 6.14. The van der Waals surface area contributed by atoms with Crippen molar-refractivity contribution in [1.82, 2.24) is 34.9 Å². The number of piperazine rings is 1. The molecular formula is C23H23ClN8O. The van der Waals surface area contributed by atoms with E-state index in [1.165, 1.54) is 0 Å². The molecule has 0 radical (unpaired) electrons. The zero-order valence-electron chi connectivity index (χ0n) is 18.2. The van der Waals surface area contributed by atoms with Gasteiger partial charge in [-0.15, -0.1) is 0 Å². The summed E-state index contributed by atoms with van der Waals surface area (Å²) in [7, 11) is 0. The van der Waals surface area contributed by atoms with Gasteiger partial charge in [-0.1, -0.05) is 65.2 Å². The fraction of sp³-hybridized carbons (Fsp3) is 0.261. The number of rotatable bonds is 5. The molecule has 33 heavy (non-hydrogen) atoms. The zero-order chi connectivity index (χ0) is 22.8. The molecule has 5 rings (SSSR count). The van der Waals surface area contributed by atoms with Gasteiger partial charge in [0.05, 0.1) is 23.5 Å². The van der Waals surface area contributed by atoms with Crippen LogP contribution < -0.4 is 4.90 Å². The van der Waals surface area contributed by atoms with E-state index in [0.717, 1.165) is 11.3 Å². The van der Waals surface area contributed by atoms with E-state index < -0.39 is 0 Å². The van der Waals surface area contributed by atoms with Crippen LogP contribution in [0, 0.1) is 6.92 Å². The Labute approximate surface area is 196 Å². The molecule has 0 bridgehead atoms. The van der Waals surface area contributed by atoms with Gasteiger partial charge < -0.3 is 9.80 Å². The SMILES string of the molecule is Cc1nn(Cc2ccccc2)c(Cl)c1C(=O)N1CCN(c2nnnn2-c2ccccc2)CC1. The van der Waals surface area contributed by atoms with E-state index in [0.29, 0.717) is 55.1 Å². The third-order valence-electron chi connectivity index (χ3n) is 5.76. The number of carbonyl (C=O) groups excluding carboxylic acids is 1. The first-order chi connectivity index (χ1) is 16.1. The molecule has 1 aliphatic rings. The molecule has 2 aromatic carbocycles. The van der Waals surface area contributed by atoms with Crippen molar-refractivity contribution in [3.8, 4) is 5.69 Å². The highest BCUT2D eigenvalue weighted by Crippen LogP contribution is 2.24. The summed E-state index contributed by atoms with van der Waals surface area (Å²) >= 11 is 6.60. The molecule has 0 atom stereocenters. The van der Waals surface area contributed by atoms with Crippen molar-refractivity contribution in [2.24, 2.45) is 0 Å². The van der Waals surface area contributed by atoms with Gasteiger partial charge in [-0.3, -0.25) is 4.79 Å². The maximum absolute atomic E-state index is 13.3. The number of halogens is 1. The summed E-state index contributed by atoms with van der Waals surface area (Å²) in [5, 5.41) is 17.1. The number of nitrogens with zero attached hydrogens (tertiary/aromatic N) is 8.